The molecule has 0 aliphatic rings. The average molecular weight is 202 g/mol. The molecule has 1 atom stereocenters. The van der Waals surface area contributed by atoms with Crippen LogP contribution in [0.3, 0.4) is 0 Å². The van der Waals surface area contributed by atoms with E-state index in [1.807, 2.05) is 0 Å². The minimum absolute atomic E-state index is 0.207. The molecular weight excluding hydrogens is 184 g/mol. The van der Waals surface area contributed by atoms with Gasteiger partial charge in [0.25, 0.3) is 0 Å². The maximum atomic E-state index is 5.52. The molecule has 0 bridgehead atoms. The number of unbranched alkanes of at least 4 members (excludes halogenated alkanes) is 1. The van der Waals surface area contributed by atoms with Crippen LogP contribution < -0.4 is 11.3 Å². The fourth-order valence-corrected chi connectivity index (χ4v) is 1.55. The second-order valence-corrected chi connectivity index (χ2v) is 3.73. The van der Waals surface area contributed by atoms with Crippen LogP contribution in [0.4, 0.5) is 0 Å². The zero-order chi connectivity index (χ0) is 11.1. The zero-order valence-electron chi connectivity index (χ0n) is 9.16. The second-order valence-electron chi connectivity index (χ2n) is 3.73. The first-order chi connectivity index (χ1) is 7.27. The summed E-state index contributed by atoms with van der Waals surface area (Å²) < 4.78 is 0. The third kappa shape index (κ3) is 3.75. The maximum absolute atomic E-state index is 5.52. The van der Waals surface area contributed by atoms with Crippen molar-refractivity contribution in [3.63, 3.8) is 0 Å². The van der Waals surface area contributed by atoms with Crippen LogP contribution >= 0.6 is 0 Å². The van der Waals surface area contributed by atoms with E-state index in [0.29, 0.717) is 0 Å². The fourth-order valence-electron chi connectivity index (χ4n) is 1.55. The number of hydrogen-bond donors (Lipinski definition) is 2. The Bertz CT molecular complexity index is 321. The summed E-state index contributed by atoms with van der Waals surface area (Å²) in [5.74, 6) is 8.16. The molecule has 0 aromatic heterocycles. The molecule has 2 heteroatoms. The lowest BCUT2D eigenvalue weighted by atomic mass is 10.0. The molecule has 3 N–H and O–H groups in total. The van der Waals surface area contributed by atoms with Crippen LogP contribution in [0.1, 0.15) is 36.4 Å². The van der Waals surface area contributed by atoms with E-state index in [0.717, 1.165) is 19.3 Å². The first kappa shape index (κ1) is 11.8. The van der Waals surface area contributed by atoms with Crippen molar-refractivity contribution in [2.75, 3.05) is 0 Å². The van der Waals surface area contributed by atoms with Gasteiger partial charge in [-0.15, -0.1) is 12.3 Å². The molecule has 0 amide bonds. The zero-order valence-corrected chi connectivity index (χ0v) is 9.16. The van der Waals surface area contributed by atoms with Gasteiger partial charge in [-0.05, 0) is 25.3 Å². The Morgan fingerprint density at radius 3 is 2.60 bits per heavy atom. The van der Waals surface area contributed by atoms with Gasteiger partial charge in [-0.1, -0.05) is 29.8 Å². The summed E-state index contributed by atoms with van der Waals surface area (Å²) in [5, 5.41) is 0. The van der Waals surface area contributed by atoms with Crippen LogP contribution in [-0.4, -0.2) is 0 Å². The van der Waals surface area contributed by atoms with Crippen molar-refractivity contribution in [1.82, 2.24) is 5.43 Å². The molecule has 1 aromatic rings. The van der Waals surface area contributed by atoms with E-state index in [9.17, 15) is 0 Å². The van der Waals surface area contributed by atoms with Gasteiger partial charge in [-0.2, -0.15) is 0 Å². The molecule has 1 unspecified atom stereocenters. The first-order valence-corrected chi connectivity index (χ1v) is 5.24. The van der Waals surface area contributed by atoms with Gasteiger partial charge in [0, 0.05) is 12.5 Å². The Kier molecular flexibility index (Phi) is 4.89. The number of nitrogens with two attached hydrogens (primary N) is 1. The van der Waals surface area contributed by atoms with Gasteiger partial charge in [0.15, 0.2) is 0 Å². The summed E-state index contributed by atoms with van der Waals surface area (Å²) in [6.07, 6.45) is 8.00. The van der Waals surface area contributed by atoms with E-state index in [4.69, 9.17) is 12.3 Å². The van der Waals surface area contributed by atoms with Crippen molar-refractivity contribution >= 4 is 0 Å². The van der Waals surface area contributed by atoms with Gasteiger partial charge >= 0.3 is 0 Å². The van der Waals surface area contributed by atoms with Gasteiger partial charge in [-0.3, -0.25) is 11.3 Å². The molecule has 0 saturated heterocycles. The van der Waals surface area contributed by atoms with Crippen molar-refractivity contribution in [2.45, 2.75) is 32.2 Å². The average Bonchev–Trinajstić information content (AvgIpc) is 2.26. The molecule has 0 spiro atoms. The van der Waals surface area contributed by atoms with Crippen LogP contribution in [0.15, 0.2) is 24.3 Å². The second kappa shape index (κ2) is 6.23. The normalized spacial score (nSPS) is 12.1. The van der Waals surface area contributed by atoms with E-state index < -0.39 is 0 Å². The van der Waals surface area contributed by atoms with Gasteiger partial charge in [0.2, 0.25) is 0 Å². The van der Waals surface area contributed by atoms with Crippen LogP contribution in [-0.2, 0) is 0 Å². The lowest BCUT2D eigenvalue weighted by Gasteiger charge is -2.15. The van der Waals surface area contributed by atoms with E-state index in [-0.39, 0.29) is 6.04 Å². The topological polar surface area (TPSA) is 38.0 Å². The lowest BCUT2D eigenvalue weighted by Crippen LogP contribution is -2.27. The summed E-state index contributed by atoms with van der Waals surface area (Å²) in [6, 6.07) is 8.62. The summed E-state index contributed by atoms with van der Waals surface area (Å²) in [6.45, 7) is 2.08. The maximum Gasteiger partial charge on any atom is 0.0460 e. The standard InChI is InChI=1S/C13H18N2/c1-3-4-5-6-13(15-14)12-9-7-11(2)8-10-12/h1,7-10,13,15H,4-6,14H2,2H3. The number of benzene rings is 1. The monoisotopic (exact) mass is 202 g/mol. The van der Waals surface area contributed by atoms with Gasteiger partial charge in [0.1, 0.15) is 0 Å². The molecule has 0 aliphatic heterocycles. The van der Waals surface area contributed by atoms with Crippen LogP contribution in [0.5, 0.6) is 0 Å². The number of terminal acetylenes is 1. The molecule has 1 aromatic carbocycles. The highest BCUT2D eigenvalue weighted by atomic mass is 15.2. The molecule has 0 heterocycles. The van der Waals surface area contributed by atoms with E-state index >= 15 is 0 Å². The smallest absolute Gasteiger partial charge is 0.0460 e. The van der Waals surface area contributed by atoms with Crippen LogP contribution in [0, 0.1) is 19.3 Å². The molecular formula is C13H18N2. The van der Waals surface area contributed by atoms with Crippen molar-refractivity contribution in [3.8, 4) is 12.3 Å². The molecule has 0 fully saturated rings. The lowest BCUT2D eigenvalue weighted by molar-refractivity contribution is 0.502. The third-order valence-corrected chi connectivity index (χ3v) is 2.49. The Hall–Kier alpha value is -1.30. The molecule has 0 saturated carbocycles. The molecule has 1 rings (SSSR count). The van der Waals surface area contributed by atoms with Crippen molar-refractivity contribution in [1.29, 1.82) is 0 Å². The Labute approximate surface area is 91.8 Å². The molecule has 0 aliphatic carbocycles. The van der Waals surface area contributed by atoms with E-state index in [1.54, 1.807) is 0 Å². The molecule has 80 valence electrons. The van der Waals surface area contributed by atoms with Gasteiger partial charge in [-0.25, -0.2) is 0 Å². The fraction of sp³-hybridized carbons (Fsp3) is 0.385. The first-order valence-electron chi connectivity index (χ1n) is 5.24. The highest BCUT2D eigenvalue weighted by Crippen LogP contribution is 2.18. The molecule has 2 nitrogen and oxygen atoms in total. The summed E-state index contributed by atoms with van der Waals surface area (Å²) in [4.78, 5) is 0. The Balaban J connectivity index is 2.58. The predicted octanol–water partition coefficient (Wildman–Crippen LogP) is 2.30. The summed E-state index contributed by atoms with van der Waals surface area (Å²) in [5.41, 5.74) is 5.31. The number of nitrogens with one attached hydrogen (secondary N) is 1. The molecule has 0 radical (unpaired) electrons. The summed E-state index contributed by atoms with van der Waals surface area (Å²) in [7, 11) is 0. The van der Waals surface area contributed by atoms with Crippen LogP contribution in [0.2, 0.25) is 0 Å². The van der Waals surface area contributed by atoms with Gasteiger partial charge in [0.05, 0.1) is 0 Å². The van der Waals surface area contributed by atoms with E-state index in [2.05, 4.69) is 42.5 Å². The Morgan fingerprint density at radius 2 is 2.07 bits per heavy atom. The quantitative estimate of drug-likeness (QED) is 0.333. The van der Waals surface area contributed by atoms with Crippen molar-refractivity contribution in [3.05, 3.63) is 35.4 Å². The van der Waals surface area contributed by atoms with E-state index in [1.165, 1.54) is 11.1 Å². The highest BCUT2D eigenvalue weighted by molar-refractivity contribution is 5.23. The summed E-state index contributed by atoms with van der Waals surface area (Å²) >= 11 is 0. The molecule has 15 heavy (non-hydrogen) atoms. The Morgan fingerprint density at radius 1 is 1.40 bits per heavy atom. The SMILES string of the molecule is C#CCCCC(NN)c1ccc(C)cc1. The number of aryl methyl sites for hydroxylation is 1. The number of hydrogen-bond acceptors (Lipinski definition) is 2. The predicted molar refractivity (Wildman–Crippen MR) is 63.9 cm³/mol. The highest BCUT2D eigenvalue weighted by Gasteiger charge is 2.07. The third-order valence-electron chi connectivity index (χ3n) is 2.49. The van der Waals surface area contributed by atoms with Gasteiger partial charge < -0.3 is 0 Å². The van der Waals surface area contributed by atoms with Crippen molar-refractivity contribution < 1.29 is 0 Å². The minimum Gasteiger partial charge on any atom is -0.271 e. The number of hydrazine groups is 1. The number of rotatable bonds is 5. The largest absolute Gasteiger partial charge is 0.271 e. The minimum atomic E-state index is 0.207. The van der Waals surface area contributed by atoms with Crippen LogP contribution in [0.25, 0.3) is 0 Å². The van der Waals surface area contributed by atoms with Crippen molar-refractivity contribution in [2.24, 2.45) is 5.84 Å².